The molecular formula is C8F18I-. The van der Waals surface area contributed by atoms with Crippen LogP contribution in [0.15, 0.2) is 0 Å². The highest BCUT2D eigenvalue weighted by Gasteiger charge is 2.95. The van der Waals surface area contributed by atoms with E-state index in [0.29, 0.717) is 0 Å². The number of hydrogen-bond donors (Lipinski definition) is 0. The molecule has 0 bridgehead atoms. The molecule has 0 aliphatic carbocycles. The fourth-order valence-electron chi connectivity index (χ4n) is 1.14. The highest BCUT2D eigenvalue weighted by Crippen LogP contribution is 2.63. The molecule has 0 aromatic heterocycles. The second-order valence-corrected chi connectivity index (χ2v) is 4.44. The number of halogens is 19. The summed E-state index contributed by atoms with van der Waals surface area (Å²) in [6, 6.07) is 0. The zero-order valence-electron chi connectivity index (χ0n) is 11.2. The lowest BCUT2D eigenvalue weighted by Crippen LogP contribution is -3.00. The summed E-state index contributed by atoms with van der Waals surface area (Å²) in [5.74, 6) is -51.0. The van der Waals surface area contributed by atoms with Crippen LogP contribution in [0.5, 0.6) is 0 Å². The van der Waals surface area contributed by atoms with E-state index < -0.39 is 47.9 Å². The largest absolute Gasteiger partial charge is 1.00 e. The van der Waals surface area contributed by atoms with Gasteiger partial charge in [-0.2, -0.15) is 79.0 Å². The molecule has 0 atom stereocenters. The lowest BCUT2D eigenvalue weighted by atomic mass is 9.91. The first-order valence-corrected chi connectivity index (χ1v) is 5.15. The smallest absolute Gasteiger partial charge is 0.460 e. The topological polar surface area (TPSA) is 0 Å². The van der Waals surface area contributed by atoms with Crippen LogP contribution in [0.1, 0.15) is 0 Å². The normalized spacial score (nSPS) is 16.2. The van der Waals surface area contributed by atoms with E-state index in [9.17, 15) is 79.0 Å². The van der Waals surface area contributed by atoms with Crippen molar-refractivity contribution in [3.05, 3.63) is 0 Å². The first-order chi connectivity index (χ1) is 10.8. The number of rotatable bonds is 5. The van der Waals surface area contributed by atoms with E-state index in [1.54, 1.807) is 0 Å². The molecule has 166 valence electrons. The molecule has 0 rings (SSSR count). The van der Waals surface area contributed by atoms with Crippen LogP contribution in [0.4, 0.5) is 79.0 Å². The fourth-order valence-corrected chi connectivity index (χ4v) is 1.14. The van der Waals surface area contributed by atoms with Crippen LogP contribution < -0.4 is 24.0 Å². The van der Waals surface area contributed by atoms with Crippen molar-refractivity contribution in [2.75, 3.05) is 0 Å². The van der Waals surface area contributed by atoms with E-state index in [0.717, 1.165) is 0 Å². The molecule has 0 nitrogen and oxygen atoms in total. The molecular weight excluding hydrogens is 565 g/mol. The minimum Gasteiger partial charge on any atom is -1.00 e. The fraction of sp³-hybridized carbons (Fsp3) is 1.00. The zero-order valence-corrected chi connectivity index (χ0v) is 13.3. The Morgan fingerprint density at radius 2 is 0.333 bits per heavy atom. The van der Waals surface area contributed by atoms with Gasteiger partial charge < -0.3 is 24.0 Å². The van der Waals surface area contributed by atoms with Gasteiger partial charge in [-0.25, -0.2) is 0 Å². The van der Waals surface area contributed by atoms with Crippen LogP contribution in [-0.4, -0.2) is 47.9 Å². The predicted molar refractivity (Wildman–Crippen MR) is 41.8 cm³/mol. The van der Waals surface area contributed by atoms with Crippen LogP contribution >= 0.6 is 0 Å². The maximum Gasteiger partial charge on any atom is 0.460 e. The summed E-state index contributed by atoms with van der Waals surface area (Å²) < 4.78 is 221. The molecule has 0 aromatic carbocycles. The third-order valence-electron chi connectivity index (χ3n) is 2.68. The maximum absolute atomic E-state index is 12.8. The van der Waals surface area contributed by atoms with Gasteiger partial charge in [0.25, 0.3) is 0 Å². The van der Waals surface area contributed by atoms with Gasteiger partial charge in [0.1, 0.15) is 0 Å². The standard InChI is InChI=1S/C8F18.HI/c9-1(10,3(13,14)5(17,18)7(21,22)23)2(11,12)4(15,16)6(19,20)8(24,25)26;/h;1H/p-1. The van der Waals surface area contributed by atoms with E-state index >= 15 is 0 Å². The van der Waals surface area contributed by atoms with Crippen molar-refractivity contribution in [1.82, 2.24) is 0 Å². The predicted octanol–water partition coefficient (Wildman–Crippen LogP) is 2.93. The van der Waals surface area contributed by atoms with Crippen molar-refractivity contribution in [1.29, 1.82) is 0 Å². The van der Waals surface area contributed by atoms with E-state index in [-0.39, 0.29) is 24.0 Å². The molecule has 0 aliphatic heterocycles. The van der Waals surface area contributed by atoms with Gasteiger partial charge in [0.2, 0.25) is 0 Å². The first kappa shape index (κ1) is 28.7. The van der Waals surface area contributed by atoms with Gasteiger partial charge in [-0.1, -0.05) is 0 Å². The Bertz CT molecular complexity index is 474. The lowest BCUT2D eigenvalue weighted by molar-refractivity contribution is -0.468. The summed E-state index contributed by atoms with van der Waals surface area (Å²) in [5.41, 5.74) is 0. The highest BCUT2D eigenvalue weighted by molar-refractivity contribution is 5.14. The summed E-state index contributed by atoms with van der Waals surface area (Å²) in [5, 5.41) is 0. The Hall–Kier alpha value is -0.530. The van der Waals surface area contributed by atoms with Crippen LogP contribution in [0.3, 0.4) is 0 Å². The Labute approximate surface area is 151 Å². The molecule has 0 fully saturated rings. The van der Waals surface area contributed by atoms with Gasteiger partial charge in [-0.3, -0.25) is 0 Å². The average molecular weight is 565 g/mol. The third kappa shape index (κ3) is 3.60. The summed E-state index contributed by atoms with van der Waals surface area (Å²) in [6.07, 6.45) is -15.6. The van der Waals surface area contributed by atoms with Crippen molar-refractivity contribution < 1.29 is 103 Å². The lowest BCUT2D eigenvalue weighted by Gasteiger charge is -2.41. The van der Waals surface area contributed by atoms with E-state index in [1.807, 2.05) is 0 Å². The molecule has 0 spiro atoms. The van der Waals surface area contributed by atoms with Crippen molar-refractivity contribution in [3.63, 3.8) is 0 Å². The van der Waals surface area contributed by atoms with Gasteiger partial charge in [-0.05, 0) is 0 Å². The quantitative estimate of drug-likeness (QED) is 0.356. The van der Waals surface area contributed by atoms with Crippen molar-refractivity contribution >= 4 is 0 Å². The molecule has 0 amide bonds. The summed E-state index contributed by atoms with van der Waals surface area (Å²) in [4.78, 5) is 0. The minimum absolute atomic E-state index is 0. The first-order valence-electron chi connectivity index (χ1n) is 5.15. The molecule has 0 saturated heterocycles. The van der Waals surface area contributed by atoms with Crippen molar-refractivity contribution in [2.45, 2.75) is 47.9 Å². The monoisotopic (exact) mass is 565 g/mol. The van der Waals surface area contributed by atoms with E-state index in [1.165, 1.54) is 0 Å². The second-order valence-electron chi connectivity index (χ2n) is 4.44. The molecule has 0 heterocycles. The van der Waals surface area contributed by atoms with Crippen LogP contribution in [0.25, 0.3) is 0 Å². The second kappa shape index (κ2) is 6.77. The van der Waals surface area contributed by atoms with Crippen molar-refractivity contribution in [3.8, 4) is 0 Å². The van der Waals surface area contributed by atoms with Gasteiger partial charge in [-0.15, -0.1) is 0 Å². The Kier molecular flexibility index (Phi) is 7.19. The highest BCUT2D eigenvalue weighted by atomic mass is 127. The number of hydrogen-bond acceptors (Lipinski definition) is 0. The Morgan fingerprint density at radius 1 is 0.222 bits per heavy atom. The molecule has 0 aliphatic rings. The summed E-state index contributed by atoms with van der Waals surface area (Å²) in [6.45, 7) is 0. The van der Waals surface area contributed by atoms with Crippen molar-refractivity contribution in [2.24, 2.45) is 0 Å². The number of alkyl halides is 18. The zero-order chi connectivity index (χ0) is 22.0. The van der Waals surface area contributed by atoms with Gasteiger partial charge in [0, 0.05) is 0 Å². The molecule has 0 N–H and O–H groups in total. The molecule has 0 aromatic rings. The van der Waals surface area contributed by atoms with E-state index in [4.69, 9.17) is 0 Å². The third-order valence-corrected chi connectivity index (χ3v) is 2.68. The van der Waals surface area contributed by atoms with Crippen LogP contribution in [-0.2, 0) is 0 Å². The van der Waals surface area contributed by atoms with Crippen LogP contribution in [0, 0.1) is 0 Å². The SMILES string of the molecule is FC(F)(F)C(F)(F)C(F)(F)C(F)(F)C(F)(F)C(F)(F)C(F)(F)C(F)(F)F.[I-]. The minimum atomic E-state index is -8.72. The van der Waals surface area contributed by atoms with Crippen LogP contribution in [0.2, 0.25) is 0 Å². The van der Waals surface area contributed by atoms with Gasteiger partial charge >= 0.3 is 47.9 Å². The summed E-state index contributed by atoms with van der Waals surface area (Å²) >= 11 is 0. The molecule has 19 heteroatoms. The molecule has 27 heavy (non-hydrogen) atoms. The molecule has 0 radical (unpaired) electrons. The average Bonchev–Trinajstić information content (AvgIpc) is 2.34. The molecule has 0 unspecified atom stereocenters. The van der Waals surface area contributed by atoms with Gasteiger partial charge in [0.15, 0.2) is 0 Å². The van der Waals surface area contributed by atoms with Gasteiger partial charge in [0.05, 0.1) is 0 Å². The maximum atomic E-state index is 12.8. The Balaban J connectivity index is 0. The molecule has 0 saturated carbocycles. The summed E-state index contributed by atoms with van der Waals surface area (Å²) in [7, 11) is 0. The van der Waals surface area contributed by atoms with E-state index in [2.05, 4.69) is 0 Å². The Morgan fingerprint density at radius 3 is 0.444 bits per heavy atom.